The van der Waals surface area contributed by atoms with E-state index in [9.17, 15) is 0 Å². The third kappa shape index (κ3) is 4.28. The molecule has 3 aromatic rings. The maximum absolute atomic E-state index is 5.79. The first-order valence-electron chi connectivity index (χ1n) is 11.8. The summed E-state index contributed by atoms with van der Waals surface area (Å²) in [4.78, 5) is 7.79. The van der Waals surface area contributed by atoms with Gasteiger partial charge in [0.1, 0.15) is 28.0 Å². The van der Waals surface area contributed by atoms with Crippen LogP contribution in [0.25, 0.3) is 16.8 Å². The van der Waals surface area contributed by atoms with E-state index in [1.165, 1.54) is 18.7 Å². The maximum atomic E-state index is 5.79. The second-order valence-electron chi connectivity index (χ2n) is 9.04. The highest BCUT2D eigenvalue weighted by atomic mass is 32.2. The number of rotatable bonds is 8. The normalized spacial score (nSPS) is 16.8. The molecule has 3 heterocycles. The molecular formula is C26H33N3O3S. The molecule has 1 saturated heterocycles. The second-order valence-corrected chi connectivity index (χ2v) is 9.84. The minimum Gasteiger partial charge on any atom is -0.496 e. The fraction of sp³-hybridized carbons (Fsp3) is 0.500. The first-order chi connectivity index (χ1) is 16.1. The molecule has 0 bridgehead atoms. The highest BCUT2D eigenvalue weighted by molar-refractivity contribution is 7.98. The van der Waals surface area contributed by atoms with Crippen molar-refractivity contribution in [2.75, 3.05) is 45.1 Å². The van der Waals surface area contributed by atoms with Crippen molar-refractivity contribution in [3.05, 3.63) is 36.0 Å². The zero-order valence-corrected chi connectivity index (χ0v) is 20.8. The molecule has 0 N–H and O–H groups in total. The third-order valence-electron chi connectivity index (χ3n) is 6.76. The number of methoxy groups -OCH3 is 2. The van der Waals surface area contributed by atoms with E-state index < -0.39 is 0 Å². The topological polar surface area (TPSA) is 48.2 Å². The van der Waals surface area contributed by atoms with Crippen LogP contribution in [0.3, 0.4) is 0 Å². The van der Waals surface area contributed by atoms with Crippen molar-refractivity contribution in [2.24, 2.45) is 5.92 Å². The molecule has 2 aromatic heterocycles. The van der Waals surface area contributed by atoms with Gasteiger partial charge in [0, 0.05) is 37.6 Å². The molecule has 2 aliphatic rings. The van der Waals surface area contributed by atoms with Crippen molar-refractivity contribution in [1.29, 1.82) is 0 Å². The number of aryl methyl sites for hydroxylation is 1. The zero-order valence-electron chi connectivity index (χ0n) is 20.0. The van der Waals surface area contributed by atoms with Gasteiger partial charge in [-0.3, -0.25) is 4.40 Å². The smallest absolute Gasteiger partial charge is 0.147 e. The van der Waals surface area contributed by atoms with Crippen LogP contribution in [0.4, 0.5) is 5.82 Å². The number of aromatic nitrogens is 2. The number of ether oxygens (including phenoxy) is 3. The molecule has 0 atom stereocenters. The van der Waals surface area contributed by atoms with E-state index in [0.717, 1.165) is 77.4 Å². The Morgan fingerprint density at radius 1 is 1.12 bits per heavy atom. The Morgan fingerprint density at radius 2 is 1.82 bits per heavy atom. The van der Waals surface area contributed by atoms with E-state index in [-0.39, 0.29) is 0 Å². The monoisotopic (exact) mass is 467 g/mol. The molecule has 6 nitrogen and oxygen atoms in total. The first kappa shape index (κ1) is 22.4. The minimum absolute atomic E-state index is 0.484. The molecular weight excluding hydrogens is 434 g/mol. The summed E-state index contributed by atoms with van der Waals surface area (Å²) in [5, 5.41) is 1.07. The molecule has 0 radical (unpaired) electrons. The lowest BCUT2D eigenvalue weighted by atomic mass is 10.0. The van der Waals surface area contributed by atoms with Crippen molar-refractivity contribution >= 4 is 23.2 Å². The van der Waals surface area contributed by atoms with E-state index in [4.69, 9.17) is 19.2 Å². The van der Waals surface area contributed by atoms with Gasteiger partial charge in [-0.05, 0) is 74.6 Å². The first-order valence-corrected chi connectivity index (χ1v) is 13.0. The average Bonchev–Trinajstić information content (AvgIpc) is 3.60. The molecule has 33 heavy (non-hydrogen) atoms. The number of anilines is 1. The largest absolute Gasteiger partial charge is 0.496 e. The van der Waals surface area contributed by atoms with Gasteiger partial charge in [0.2, 0.25) is 0 Å². The minimum atomic E-state index is 0.484. The number of thioether (sulfide) groups is 1. The average molecular weight is 468 g/mol. The van der Waals surface area contributed by atoms with E-state index >= 15 is 0 Å². The van der Waals surface area contributed by atoms with Gasteiger partial charge >= 0.3 is 0 Å². The number of imidazole rings is 1. The van der Waals surface area contributed by atoms with E-state index in [0.29, 0.717) is 6.04 Å². The highest BCUT2D eigenvalue weighted by Gasteiger charge is 2.33. The van der Waals surface area contributed by atoms with Gasteiger partial charge in [0.25, 0.3) is 0 Å². The molecule has 176 valence electrons. The highest BCUT2D eigenvalue weighted by Crippen LogP contribution is 2.44. The summed E-state index contributed by atoms with van der Waals surface area (Å²) in [6, 6.07) is 8.82. The molecule has 0 spiro atoms. The quantitative estimate of drug-likeness (QED) is 0.411. The van der Waals surface area contributed by atoms with Crippen LogP contribution in [0.2, 0.25) is 0 Å². The summed E-state index contributed by atoms with van der Waals surface area (Å²) in [5.41, 5.74) is 4.00. The van der Waals surface area contributed by atoms with Crippen LogP contribution in [0.15, 0.2) is 35.5 Å². The van der Waals surface area contributed by atoms with Crippen molar-refractivity contribution in [2.45, 2.75) is 43.7 Å². The fourth-order valence-corrected chi connectivity index (χ4v) is 5.50. The van der Waals surface area contributed by atoms with E-state index in [1.807, 2.05) is 0 Å². The molecule has 1 aliphatic heterocycles. The maximum Gasteiger partial charge on any atom is 0.147 e. The zero-order chi connectivity index (χ0) is 22.9. The second kappa shape index (κ2) is 9.47. The van der Waals surface area contributed by atoms with Gasteiger partial charge in [-0.2, -0.15) is 0 Å². The Labute approximate surface area is 200 Å². The lowest BCUT2D eigenvalue weighted by Gasteiger charge is -2.36. The van der Waals surface area contributed by atoms with Crippen molar-refractivity contribution in [3.63, 3.8) is 0 Å². The Bertz CT molecular complexity index is 1110. The summed E-state index contributed by atoms with van der Waals surface area (Å²) in [6.07, 6.45) is 9.05. The number of benzene rings is 1. The summed E-state index contributed by atoms with van der Waals surface area (Å²) in [6.45, 7) is 4.81. The van der Waals surface area contributed by atoms with Crippen LogP contribution in [-0.4, -0.2) is 55.7 Å². The molecule has 7 heteroatoms. The number of pyridine rings is 1. The molecule has 0 unspecified atom stereocenters. The number of hydrogen-bond acceptors (Lipinski definition) is 6. The van der Waals surface area contributed by atoms with Crippen molar-refractivity contribution in [3.8, 4) is 22.6 Å². The van der Waals surface area contributed by atoms with Gasteiger partial charge in [-0.1, -0.05) is 0 Å². The van der Waals surface area contributed by atoms with E-state index in [1.54, 1.807) is 26.0 Å². The number of hydrogen-bond donors (Lipinski definition) is 0. The Morgan fingerprint density at radius 3 is 2.42 bits per heavy atom. The molecule has 2 fully saturated rings. The van der Waals surface area contributed by atoms with Gasteiger partial charge in [0.15, 0.2) is 0 Å². The Balaban J connectivity index is 1.70. The third-order valence-corrected chi connectivity index (χ3v) is 7.42. The summed E-state index contributed by atoms with van der Waals surface area (Å²) in [5.74, 6) is 3.60. The predicted molar refractivity (Wildman–Crippen MR) is 134 cm³/mol. The molecule has 1 aliphatic carbocycles. The van der Waals surface area contributed by atoms with Gasteiger partial charge in [0.05, 0.1) is 19.8 Å². The van der Waals surface area contributed by atoms with Gasteiger partial charge in [-0.25, -0.2) is 4.98 Å². The van der Waals surface area contributed by atoms with E-state index in [2.05, 4.69) is 52.9 Å². The fourth-order valence-electron chi connectivity index (χ4n) is 4.92. The summed E-state index contributed by atoms with van der Waals surface area (Å²) < 4.78 is 19.5. The van der Waals surface area contributed by atoms with Crippen LogP contribution in [0.1, 0.15) is 31.2 Å². The molecule has 5 rings (SSSR count). The lowest BCUT2D eigenvalue weighted by Crippen LogP contribution is -2.41. The van der Waals surface area contributed by atoms with Crippen LogP contribution in [-0.2, 0) is 4.74 Å². The summed E-state index contributed by atoms with van der Waals surface area (Å²) in [7, 11) is 3.43. The SMILES string of the molecule is COc1cc(C)cc(OC)c1-c1cccn2c(N(CC3CC3)C3CCOCC3)c(SC)nc12. The van der Waals surface area contributed by atoms with Crippen LogP contribution >= 0.6 is 11.8 Å². The Kier molecular flexibility index (Phi) is 6.43. The number of fused-ring (bicyclic) bond motifs is 1. The van der Waals surface area contributed by atoms with Crippen molar-refractivity contribution in [1.82, 2.24) is 9.38 Å². The number of nitrogens with zero attached hydrogens (tertiary/aromatic N) is 3. The van der Waals surface area contributed by atoms with Gasteiger partial charge < -0.3 is 19.1 Å². The molecule has 1 saturated carbocycles. The molecule has 1 aromatic carbocycles. The standard InChI is InChI=1S/C26H33N3O3S/c1-17-14-21(30-2)23(22(15-17)31-3)20-6-5-11-28-24(20)27-25(33-4)26(28)29(16-18-7-8-18)19-9-12-32-13-10-19/h5-6,11,14-15,18-19H,7-10,12-13,16H2,1-4H3. The van der Waals surface area contributed by atoms with Crippen LogP contribution in [0.5, 0.6) is 11.5 Å². The van der Waals surface area contributed by atoms with Crippen molar-refractivity contribution < 1.29 is 14.2 Å². The van der Waals surface area contributed by atoms with Crippen LogP contribution < -0.4 is 14.4 Å². The predicted octanol–water partition coefficient (Wildman–Crippen LogP) is 5.44. The lowest BCUT2D eigenvalue weighted by molar-refractivity contribution is 0.0839. The van der Waals surface area contributed by atoms with Crippen LogP contribution in [0, 0.1) is 12.8 Å². The Hall–Kier alpha value is -2.38. The molecule has 0 amide bonds. The summed E-state index contributed by atoms with van der Waals surface area (Å²) >= 11 is 1.72. The van der Waals surface area contributed by atoms with Gasteiger partial charge in [-0.15, -0.1) is 11.8 Å².